The first-order chi connectivity index (χ1) is 11.6. The van der Waals surface area contributed by atoms with Crippen LogP contribution in [-0.4, -0.2) is 23.7 Å². The number of rotatable bonds is 6. The number of carbonyl (C=O) groups is 2. The average Bonchev–Trinajstić information content (AvgIpc) is 2.50. The number of alkyl carbamates (subject to hydrolysis) is 1. The summed E-state index contributed by atoms with van der Waals surface area (Å²) in [6, 6.07) is 6.43. The van der Waals surface area contributed by atoms with Crippen molar-refractivity contribution in [2.75, 3.05) is 0 Å². The molecule has 25 heavy (non-hydrogen) atoms. The quantitative estimate of drug-likeness (QED) is 0.631. The number of benzene rings is 1. The molecule has 1 amide bonds. The fourth-order valence-electron chi connectivity index (χ4n) is 2.09. The van der Waals surface area contributed by atoms with Gasteiger partial charge in [0.05, 0.1) is 0 Å². The number of hydrogen-bond acceptors (Lipinski definition) is 4. The van der Waals surface area contributed by atoms with Gasteiger partial charge in [-0.25, -0.2) is 9.59 Å². The Morgan fingerprint density at radius 2 is 1.80 bits per heavy atom. The molecule has 0 saturated heterocycles. The predicted molar refractivity (Wildman–Crippen MR) is 96.8 cm³/mol. The third-order valence-corrected chi connectivity index (χ3v) is 3.18. The summed E-state index contributed by atoms with van der Waals surface area (Å²) < 4.78 is 10.5. The van der Waals surface area contributed by atoms with Crippen LogP contribution in [0.3, 0.4) is 0 Å². The Kier molecular flexibility index (Phi) is 7.50. The normalized spacial score (nSPS) is 12.2. The minimum atomic E-state index is -0.750. The highest BCUT2D eigenvalue weighted by Crippen LogP contribution is 2.12. The van der Waals surface area contributed by atoms with Gasteiger partial charge in [-0.15, -0.1) is 6.42 Å². The van der Waals surface area contributed by atoms with Crippen molar-refractivity contribution >= 4 is 12.1 Å². The van der Waals surface area contributed by atoms with E-state index in [1.54, 1.807) is 45.0 Å². The molecule has 0 saturated carbocycles. The van der Waals surface area contributed by atoms with Gasteiger partial charge in [-0.1, -0.05) is 31.9 Å². The van der Waals surface area contributed by atoms with E-state index >= 15 is 0 Å². The van der Waals surface area contributed by atoms with Crippen LogP contribution in [0.2, 0.25) is 0 Å². The summed E-state index contributed by atoms with van der Waals surface area (Å²) in [5.74, 6) is 2.25. The summed E-state index contributed by atoms with van der Waals surface area (Å²) in [5.41, 5.74) is 0.960. The van der Waals surface area contributed by atoms with E-state index < -0.39 is 23.7 Å². The van der Waals surface area contributed by atoms with Crippen LogP contribution in [0.5, 0.6) is 0 Å². The van der Waals surface area contributed by atoms with Crippen molar-refractivity contribution in [3.05, 3.63) is 35.4 Å². The summed E-state index contributed by atoms with van der Waals surface area (Å²) in [4.78, 5) is 24.3. The number of terminal acetylenes is 1. The molecule has 0 bridgehead atoms. The van der Waals surface area contributed by atoms with Crippen molar-refractivity contribution in [2.45, 2.75) is 59.3 Å². The topological polar surface area (TPSA) is 64.6 Å². The Morgan fingerprint density at radius 1 is 1.20 bits per heavy atom. The maximum atomic E-state index is 12.4. The highest BCUT2D eigenvalue weighted by molar-refractivity contribution is 5.81. The van der Waals surface area contributed by atoms with E-state index in [9.17, 15) is 9.59 Å². The zero-order chi connectivity index (χ0) is 19.0. The van der Waals surface area contributed by atoms with Crippen molar-refractivity contribution in [1.82, 2.24) is 5.32 Å². The summed E-state index contributed by atoms with van der Waals surface area (Å²) in [5, 5.41) is 2.60. The molecule has 0 unspecified atom stereocenters. The second kappa shape index (κ2) is 9.12. The van der Waals surface area contributed by atoms with Crippen LogP contribution in [0.4, 0.5) is 4.79 Å². The van der Waals surface area contributed by atoms with Gasteiger partial charge in [0, 0.05) is 5.56 Å². The van der Waals surface area contributed by atoms with E-state index in [0.29, 0.717) is 6.42 Å². The van der Waals surface area contributed by atoms with E-state index in [-0.39, 0.29) is 12.5 Å². The molecule has 1 aromatic rings. The molecule has 0 fully saturated rings. The number of ether oxygens (including phenoxy) is 2. The number of esters is 1. The van der Waals surface area contributed by atoms with Crippen LogP contribution in [0.1, 0.15) is 52.2 Å². The largest absolute Gasteiger partial charge is 0.459 e. The lowest BCUT2D eigenvalue weighted by molar-refractivity contribution is -0.148. The maximum Gasteiger partial charge on any atom is 0.408 e. The third kappa shape index (κ3) is 8.25. The summed E-state index contributed by atoms with van der Waals surface area (Å²) in [6.07, 6.45) is 5.15. The van der Waals surface area contributed by atoms with Crippen LogP contribution < -0.4 is 5.32 Å². The summed E-state index contributed by atoms with van der Waals surface area (Å²) in [7, 11) is 0. The van der Waals surface area contributed by atoms with E-state index in [1.165, 1.54) is 0 Å². The highest BCUT2D eigenvalue weighted by Gasteiger charge is 2.26. The fourth-order valence-corrected chi connectivity index (χ4v) is 2.09. The van der Waals surface area contributed by atoms with Gasteiger partial charge in [-0.2, -0.15) is 0 Å². The van der Waals surface area contributed by atoms with E-state index in [4.69, 9.17) is 15.9 Å². The van der Waals surface area contributed by atoms with Crippen LogP contribution in [0, 0.1) is 18.3 Å². The van der Waals surface area contributed by atoms with Crippen molar-refractivity contribution in [3.8, 4) is 12.3 Å². The first-order valence-electron chi connectivity index (χ1n) is 8.32. The number of carbonyl (C=O) groups excluding carboxylic acids is 2. The molecular weight excluding hydrogens is 318 g/mol. The monoisotopic (exact) mass is 345 g/mol. The molecule has 5 nitrogen and oxygen atoms in total. The Bertz CT molecular complexity index is 621. The molecule has 0 aliphatic carbocycles. The van der Waals surface area contributed by atoms with Gasteiger partial charge in [0.1, 0.15) is 18.2 Å². The minimum absolute atomic E-state index is 0.119. The predicted octanol–water partition coefficient (Wildman–Crippen LogP) is 3.65. The van der Waals surface area contributed by atoms with Crippen molar-refractivity contribution in [2.24, 2.45) is 5.92 Å². The Hall–Kier alpha value is -2.48. The molecule has 5 heteroatoms. The minimum Gasteiger partial charge on any atom is -0.459 e. The maximum absolute atomic E-state index is 12.4. The Morgan fingerprint density at radius 3 is 2.28 bits per heavy atom. The van der Waals surface area contributed by atoms with Crippen molar-refractivity contribution < 1.29 is 19.1 Å². The van der Waals surface area contributed by atoms with Crippen LogP contribution in [0.15, 0.2) is 24.3 Å². The van der Waals surface area contributed by atoms with Gasteiger partial charge in [-0.05, 0) is 50.8 Å². The number of hydrogen-bond donors (Lipinski definition) is 1. The molecule has 1 rings (SSSR count). The lowest BCUT2D eigenvalue weighted by atomic mass is 10.0. The van der Waals surface area contributed by atoms with Crippen LogP contribution in [-0.2, 0) is 20.9 Å². The second-order valence-corrected chi connectivity index (χ2v) is 7.28. The van der Waals surface area contributed by atoms with Gasteiger partial charge in [-0.3, -0.25) is 0 Å². The van der Waals surface area contributed by atoms with Crippen molar-refractivity contribution in [3.63, 3.8) is 0 Å². The number of nitrogens with one attached hydrogen (secondary N) is 1. The smallest absolute Gasteiger partial charge is 0.408 e. The second-order valence-electron chi connectivity index (χ2n) is 7.28. The molecule has 0 heterocycles. The Balaban J connectivity index is 2.66. The standard InChI is InChI=1S/C20H27NO4/c1-7-15-8-10-16(11-9-15)13-24-18(22)17(12-14(2)3)21-19(23)25-20(4,5)6/h1,8-11,14,17H,12-13H2,2-6H3,(H,21,23)/t17-/m0/s1. The molecule has 1 atom stereocenters. The van der Waals surface area contributed by atoms with E-state index in [1.807, 2.05) is 13.8 Å². The molecule has 0 aliphatic heterocycles. The molecule has 0 spiro atoms. The summed E-state index contributed by atoms with van der Waals surface area (Å²) in [6.45, 7) is 9.35. The van der Waals surface area contributed by atoms with Gasteiger partial charge in [0.2, 0.25) is 0 Å². The van der Waals surface area contributed by atoms with Crippen LogP contribution in [0.25, 0.3) is 0 Å². The van der Waals surface area contributed by atoms with Gasteiger partial charge >= 0.3 is 12.1 Å². The number of amides is 1. The van der Waals surface area contributed by atoms with Crippen molar-refractivity contribution in [1.29, 1.82) is 0 Å². The molecule has 0 aliphatic rings. The average molecular weight is 345 g/mol. The van der Waals surface area contributed by atoms with Gasteiger partial charge in [0.25, 0.3) is 0 Å². The van der Waals surface area contributed by atoms with Gasteiger partial charge < -0.3 is 14.8 Å². The molecular formula is C20H27NO4. The molecule has 136 valence electrons. The first kappa shape index (κ1) is 20.6. The Labute approximate surface area is 150 Å². The lowest BCUT2D eigenvalue weighted by Gasteiger charge is -2.23. The van der Waals surface area contributed by atoms with Gasteiger partial charge in [0.15, 0.2) is 0 Å². The van der Waals surface area contributed by atoms with E-state index in [2.05, 4.69) is 11.2 Å². The molecule has 1 aromatic carbocycles. The molecule has 1 N–H and O–H groups in total. The zero-order valence-electron chi connectivity index (χ0n) is 15.6. The molecule has 0 radical (unpaired) electrons. The lowest BCUT2D eigenvalue weighted by Crippen LogP contribution is -2.44. The first-order valence-corrected chi connectivity index (χ1v) is 8.32. The van der Waals surface area contributed by atoms with Crippen LogP contribution >= 0.6 is 0 Å². The molecule has 0 aromatic heterocycles. The summed E-state index contributed by atoms with van der Waals surface area (Å²) >= 11 is 0. The SMILES string of the molecule is C#Cc1ccc(COC(=O)[C@H](CC(C)C)NC(=O)OC(C)(C)C)cc1. The zero-order valence-corrected chi connectivity index (χ0v) is 15.6. The van der Waals surface area contributed by atoms with E-state index in [0.717, 1.165) is 11.1 Å². The fraction of sp³-hybridized carbons (Fsp3) is 0.500. The highest BCUT2D eigenvalue weighted by atomic mass is 16.6. The third-order valence-electron chi connectivity index (χ3n) is 3.18.